The predicted molar refractivity (Wildman–Crippen MR) is 52.7 cm³/mol. The maximum Gasteiger partial charge on any atom is 0.125 e. The summed E-state index contributed by atoms with van der Waals surface area (Å²) in [5, 5.41) is 0. The van der Waals surface area contributed by atoms with Gasteiger partial charge >= 0.3 is 0 Å². The zero-order chi connectivity index (χ0) is 9.42. The van der Waals surface area contributed by atoms with E-state index >= 15 is 0 Å². The van der Waals surface area contributed by atoms with Crippen LogP contribution in [-0.2, 0) is 6.42 Å². The molecule has 0 saturated heterocycles. The number of nitrogens with zero attached hydrogens (tertiary/aromatic N) is 3. The molecule has 2 heterocycles. The van der Waals surface area contributed by atoms with Gasteiger partial charge in [-0.05, 0) is 12.8 Å². The van der Waals surface area contributed by atoms with Gasteiger partial charge in [-0.25, -0.2) is 9.97 Å². The van der Waals surface area contributed by atoms with E-state index in [1.165, 1.54) is 0 Å². The first kappa shape index (κ1) is 8.35. The Bertz CT molecular complexity index is 367. The Morgan fingerprint density at radius 1 is 1.31 bits per heavy atom. The van der Waals surface area contributed by atoms with E-state index in [2.05, 4.69) is 28.8 Å². The first-order valence-electron chi connectivity index (χ1n) is 4.58. The summed E-state index contributed by atoms with van der Waals surface area (Å²) in [5.41, 5.74) is 3.16. The van der Waals surface area contributed by atoms with Crippen molar-refractivity contribution < 1.29 is 0 Å². The molecule has 0 saturated carbocycles. The molecule has 0 unspecified atom stereocenters. The van der Waals surface area contributed by atoms with Crippen LogP contribution in [-0.4, -0.2) is 16.2 Å². The van der Waals surface area contributed by atoms with Crippen molar-refractivity contribution in [1.82, 2.24) is 9.97 Å². The van der Waals surface area contributed by atoms with Crippen molar-refractivity contribution >= 4 is 11.9 Å². The summed E-state index contributed by atoms with van der Waals surface area (Å²) in [6.45, 7) is 6.20. The van der Waals surface area contributed by atoms with Crippen LogP contribution in [0.3, 0.4) is 0 Å². The largest absolute Gasteiger partial charge is 0.257 e. The van der Waals surface area contributed by atoms with Crippen molar-refractivity contribution in [2.45, 2.75) is 33.1 Å². The molecule has 3 heteroatoms. The second-order valence-corrected chi connectivity index (χ2v) is 3.62. The lowest BCUT2D eigenvalue weighted by Crippen LogP contribution is -2.00. The molecule has 0 aliphatic carbocycles. The predicted octanol–water partition coefficient (Wildman–Crippen LogP) is 2.17. The van der Waals surface area contributed by atoms with Gasteiger partial charge in [-0.1, -0.05) is 13.8 Å². The molecule has 2 rings (SSSR count). The molecule has 0 amide bonds. The van der Waals surface area contributed by atoms with Gasteiger partial charge in [0, 0.05) is 12.6 Å². The van der Waals surface area contributed by atoms with Crippen LogP contribution >= 0.6 is 0 Å². The summed E-state index contributed by atoms with van der Waals surface area (Å²) < 4.78 is 0. The zero-order valence-corrected chi connectivity index (χ0v) is 8.20. The minimum absolute atomic E-state index is 0.422. The van der Waals surface area contributed by atoms with Crippen LogP contribution in [0.1, 0.15) is 37.0 Å². The molecule has 0 N–H and O–H groups in total. The highest BCUT2D eigenvalue weighted by molar-refractivity contribution is 5.75. The van der Waals surface area contributed by atoms with Crippen LogP contribution in [0.5, 0.6) is 0 Å². The highest BCUT2D eigenvalue weighted by Gasteiger charge is 2.17. The topological polar surface area (TPSA) is 38.1 Å². The minimum atomic E-state index is 0.422. The second-order valence-electron chi connectivity index (χ2n) is 3.62. The summed E-state index contributed by atoms with van der Waals surface area (Å²) in [6, 6.07) is 0. The van der Waals surface area contributed by atoms with Crippen LogP contribution in [0.2, 0.25) is 0 Å². The second kappa shape index (κ2) is 2.91. The highest BCUT2D eigenvalue weighted by Crippen LogP contribution is 2.30. The monoisotopic (exact) mass is 175 g/mol. The van der Waals surface area contributed by atoms with Gasteiger partial charge in [0.25, 0.3) is 0 Å². The molecule has 0 aromatic carbocycles. The van der Waals surface area contributed by atoms with E-state index in [9.17, 15) is 0 Å². The van der Waals surface area contributed by atoms with Crippen molar-refractivity contribution in [2.24, 2.45) is 4.99 Å². The number of aliphatic imine (C=N–C) groups is 1. The first-order valence-corrected chi connectivity index (χ1v) is 4.58. The van der Waals surface area contributed by atoms with Crippen LogP contribution < -0.4 is 0 Å². The van der Waals surface area contributed by atoms with E-state index in [1.807, 2.05) is 13.1 Å². The Kier molecular flexibility index (Phi) is 1.87. The lowest BCUT2D eigenvalue weighted by Gasteiger charge is -2.09. The molecule has 1 aromatic heterocycles. The molecular weight excluding hydrogens is 162 g/mol. The van der Waals surface area contributed by atoms with Crippen LogP contribution in [0.15, 0.2) is 4.99 Å². The molecule has 13 heavy (non-hydrogen) atoms. The van der Waals surface area contributed by atoms with Gasteiger partial charge in [-0.2, -0.15) is 0 Å². The molecular formula is C10H13N3. The minimum Gasteiger partial charge on any atom is -0.257 e. The van der Waals surface area contributed by atoms with Crippen LogP contribution in [0.4, 0.5) is 5.69 Å². The third-order valence-corrected chi connectivity index (χ3v) is 2.15. The van der Waals surface area contributed by atoms with Gasteiger partial charge in [0.15, 0.2) is 0 Å². The number of aryl methyl sites for hydroxylation is 1. The highest BCUT2D eigenvalue weighted by atomic mass is 15.0. The summed E-state index contributed by atoms with van der Waals surface area (Å²) in [6.07, 6.45) is 2.77. The van der Waals surface area contributed by atoms with Crippen molar-refractivity contribution in [1.29, 1.82) is 0 Å². The van der Waals surface area contributed by atoms with Gasteiger partial charge in [-0.3, -0.25) is 4.99 Å². The Morgan fingerprint density at radius 2 is 2.08 bits per heavy atom. The molecule has 0 bridgehead atoms. The van der Waals surface area contributed by atoms with E-state index in [0.29, 0.717) is 5.92 Å². The van der Waals surface area contributed by atoms with Crippen LogP contribution in [0.25, 0.3) is 0 Å². The van der Waals surface area contributed by atoms with Gasteiger partial charge in [0.1, 0.15) is 11.5 Å². The number of hydrogen-bond acceptors (Lipinski definition) is 3. The molecule has 1 aromatic rings. The third kappa shape index (κ3) is 1.34. The molecule has 3 nitrogen and oxygen atoms in total. The van der Waals surface area contributed by atoms with E-state index in [4.69, 9.17) is 0 Å². The van der Waals surface area contributed by atoms with Crippen molar-refractivity contribution in [3.63, 3.8) is 0 Å². The van der Waals surface area contributed by atoms with Gasteiger partial charge in [-0.15, -0.1) is 0 Å². The number of rotatable bonds is 1. The Morgan fingerprint density at radius 3 is 2.77 bits per heavy atom. The number of aromatic nitrogens is 2. The molecule has 1 aliphatic rings. The average Bonchev–Trinajstić information content (AvgIpc) is 2.49. The average molecular weight is 175 g/mol. The molecule has 1 aliphatic heterocycles. The molecule has 0 fully saturated rings. The standard InChI is InChI=1S/C10H13N3/c1-6(2)9-10-8(4-5-11-10)12-7(3)13-9/h5-6H,4H2,1-3H3. The number of hydrogen-bond donors (Lipinski definition) is 0. The van der Waals surface area contributed by atoms with Crippen LogP contribution in [0, 0.1) is 6.92 Å². The van der Waals surface area contributed by atoms with E-state index in [-0.39, 0.29) is 0 Å². The Hall–Kier alpha value is -1.25. The molecule has 68 valence electrons. The third-order valence-electron chi connectivity index (χ3n) is 2.15. The fourth-order valence-electron chi connectivity index (χ4n) is 1.56. The zero-order valence-electron chi connectivity index (χ0n) is 8.20. The molecule has 0 radical (unpaired) electrons. The van der Waals surface area contributed by atoms with Gasteiger partial charge in [0.2, 0.25) is 0 Å². The quantitative estimate of drug-likeness (QED) is 0.656. The lowest BCUT2D eigenvalue weighted by molar-refractivity contribution is 0.798. The van der Waals surface area contributed by atoms with E-state index < -0.39 is 0 Å². The fourth-order valence-corrected chi connectivity index (χ4v) is 1.56. The number of fused-ring (bicyclic) bond motifs is 1. The maximum atomic E-state index is 4.42. The van der Waals surface area contributed by atoms with Gasteiger partial charge in [0.05, 0.1) is 11.4 Å². The summed E-state index contributed by atoms with van der Waals surface area (Å²) >= 11 is 0. The Balaban J connectivity index is 2.60. The van der Waals surface area contributed by atoms with Crippen molar-refractivity contribution in [2.75, 3.05) is 0 Å². The summed E-state index contributed by atoms with van der Waals surface area (Å²) in [5.74, 6) is 1.28. The smallest absolute Gasteiger partial charge is 0.125 e. The maximum absolute atomic E-state index is 4.42. The first-order chi connectivity index (χ1) is 6.18. The lowest BCUT2D eigenvalue weighted by atomic mass is 10.1. The van der Waals surface area contributed by atoms with Gasteiger partial charge < -0.3 is 0 Å². The fraction of sp³-hybridized carbons (Fsp3) is 0.500. The molecule has 0 atom stereocenters. The SMILES string of the molecule is Cc1nc2c(c(C(C)C)n1)N=CC2. The summed E-state index contributed by atoms with van der Waals surface area (Å²) in [7, 11) is 0. The van der Waals surface area contributed by atoms with Crippen molar-refractivity contribution in [3.8, 4) is 0 Å². The normalized spacial score (nSPS) is 13.8. The van der Waals surface area contributed by atoms with E-state index in [1.54, 1.807) is 0 Å². The molecule has 0 spiro atoms. The van der Waals surface area contributed by atoms with Crippen molar-refractivity contribution in [3.05, 3.63) is 17.2 Å². The Labute approximate surface area is 77.9 Å². The summed E-state index contributed by atoms with van der Waals surface area (Å²) in [4.78, 5) is 13.1. The van der Waals surface area contributed by atoms with E-state index in [0.717, 1.165) is 29.3 Å².